The summed E-state index contributed by atoms with van der Waals surface area (Å²) in [5, 5.41) is 0. The third-order valence-corrected chi connectivity index (χ3v) is 6.46. The Labute approximate surface area is 154 Å². The Bertz CT molecular complexity index is 880. The smallest absolute Gasteiger partial charge is 0.243 e. The summed E-state index contributed by atoms with van der Waals surface area (Å²) in [5.74, 6) is -0.676. The van der Waals surface area contributed by atoms with Gasteiger partial charge in [0.25, 0.3) is 0 Å². The van der Waals surface area contributed by atoms with Gasteiger partial charge in [-0.3, -0.25) is 0 Å². The van der Waals surface area contributed by atoms with Gasteiger partial charge in [-0.25, -0.2) is 12.8 Å². The number of ether oxygens (including phenoxy) is 1. The van der Waals surface area contributed by atoms with E-state index in [1.165, 1.54) is 30.6 Å². The van der Waals surface area contributed by atoms with Crippen LogP contribution in [-0.4, -0.2) is 40.0 Å². The predicted molar refractivity (Wildman–Crippen MR) is 99.5 cm³/mol. The van der Waals surface area contributed by atoms with Crippen LogP contribution >= 0.6 is 0 Å². The second-order valence-corrected chi connectivity index (χ2v) is 8.43. The van der Waals surface area contributed by atoms with Crippen LogP contribution in [0.2, 0.25) is 0 Å². The highest BCUT2D eigenvalue weighted by Crippen LogP contribution is 2.28. The molecule has 0 atom stereocenters. The number of sulfonamides is 1. The van der Waals surface area contributed by atoms with Gasteiger partial charge in [0, 0.05) is 32.4 Å². The molecule has 1 heterocycles. The maximum Gasteiger partial charge on any atom is 0.243 e. The lowest BCUT2D eigenvalue weighted by atomic mass is 10.1. The van der Waals surface area contributed by atoms with Crippen LogP contribution < -0.4 is 9.64 Å². The number of rotatable bonds is 6. The highest BCUT2D eigenvalue weighted by Gasteiger charge is 2.24. The number of para-hydroxylation sites is 1. The third kappa shape index (κ3) is 3.68. The molecule has 0 radical (unpaired) electrons. The molecule has 26 heavy (non-hydrogen) atoms. The van der Waals surface area contributed by atoms with Crippen LogP contribution in [0.5, 0.6) is 5.75 Å². The zero-order valence-electron chi connectivity index (χ0n) is 15.0. The minimum absolute atomic E-state index is 0.0194. The van der Waals surface area contributed by atoms with E-state index < -0.39 is 15.8 Å². The Morgan fingerprint density at radius 2 is 1.85 bits per heavy atom. The fraction of sp³-hybridized carbons (Fsp3) is 0.368. The number of methoxy groups -OCH3 is 1. The molecule has 0 unspecified atom stereocenters. The molecule has 0 amide bonds. The molecule has 0 aliphatic carbocycles. The monoisotopic (exact) mass is 378 g/mol. The van der Waals surface area contributed by atoms with Gasteiger partial charge < -0.3 is 9.64 Å². The molecule has 2 aromatic rings. The SMILES string of the molecule is COc1ccc(S(=O)(=O)N(C)Cc2ccccc2N2CCCC2)cc1F. The summed E-state index contributed by atoms with van der Waals surface area (Å²) in [6.45, 7) is 2.19. The van der Waals surface area contributed by atoms with Gasteiger partial charge in [-0.05, 0) is 42.7 Å². The first kappa shape index (κ1) is 18.7. The van der Waals surface area contributed by atoms with Gasteiger partial charge in [0.15, 0.2) is 11.6 Å². The lowest BCUT2D eigenvalue weighted by molar-refractivity contribution is 0.385. The highest BCUT2D eigenvalue weighted by molar-refractivity contribution is 7.89. The molecule has 1 fully saturated rings. The van der Waals surface area contributed by atoms with E-state index in [2.05, 4.69) is 4.90 Å². The van der Waals surface area contributed by atoms with Crippen LogP contribution in [0.3, 0.4) is 0 Å². The number of benzene rings is 2. The van der Waals surface area contributed by atoms with Gasteiger partial charge in [0.1, 0.15) is 0 Å². The summed E-state index contributed by atoms with van der Waals surface area (Å²) in [7, 11) is -0.952. The van der Waals surface area contributed by atoms with Crippen molar-refractivity contribution in [3.8, 4) is 5.75 Å². The molecule has 140 valence electrons. The number of anilines is 1. The van der Waals surface area contributed by atoms with Crippen molar-refractivity contribution >= 4 is 15.7 Å². The van der Waals surface area contributed by atoms with Gasteiger partial charge in [-0.15, -0.1) is 0 Å². The molecule has 0 bridgehead atoms. The Hall–Kier alpha value is -2.12. The van der Waals surface area contributed by atoms with Crippen molar-refractivity contribution in [3.05, 3.63) is 53.8 Å². The number of nitrogens with zero attached hydrogens (tertiary/aromatic N) is 2. The van der Waals surface area contributed by atoms with Crippen molar-refractivity contribution in [1.82, 2.24) is 4.31 Å². The fourth-order valence-electron chi connectivity index (χ4n) is 3.22. The fourth-order valence-corrected chi connectivity index (χ4v) is 4.38. The number of halogens is 1. The van der Waals surface area contributed by atoms with Gasteiger partial charge >= 0.3 is 0 Å². The van der Waals surface area contributed by atoms with Crippen LogP contribution in [0, 0.1) is 5.82 Å². The first-order chi connectivity index (χ1) is 12.4. The molecule has 0 aromatic heterocycles. The molecule has 1 aliphatic rings. The molecule has 0 saturated carbocycles. The van der Waals surface area contributed by atoms with Crippen molar-refractivity contribution in [2.24, 2.45) is 0 Å². The quantitative estimate of drug-likeness (QED) is 0.774. The Morgan fingerprint density at radius 3 is 2.50 bits per heavy atom. The molecule has 2 aromatic carbocycles. The minimum Gasteiger partial charge on any atom is -0.494 e. The van der Waals surface area contributed by atoms with E-state index in [-0.39, 0.29) is 17.2 Å². The highest BCUT2D eigenvalue weighted by atomic mass is 32.2. The molecular formula is C19H23FN2O3S. The van der Waals surface area contributed by atoms with E-state index in [0.717, 1.165) is 43.2 Å². The van der Waals surface area contributed by atoms with Crippen molar-refractivity contribution in [1.29, 1.82) is 0 Å². The molecule has 7 heteroatoms. The maximum atomic E-state index is 13.9. The molecule has 1 saturated heterocycles. The van der Waals surface area contributed by atoms with Crippen LogP contribution in [0.1, 0.15) is 18.4 Å². The van der Waals surface area contributed by atoms with Crippen molar-refractivity contribution in [2.75, 3.05) is 32.1 Å². The average Bonchev–Trinajstić information content (AvgIpc) is 3.16. The third-order valence-electron chi connectivity index (χ3n) is 4.66. The summed E-state index contributed by atoms with van der Waals surface area (Å²) >= 11 is 0. The largest absolute Gasteiger partial charge is 0.494 e. The maximum absolute atomic E-state index is 13.9. The predicted octanol–water partition coefficient (Wildman–Crippen LogP) is 3.26. The van der Waals surface area contributed by atoms with Gasteiger partial charge in [-0.2, -0.15) is 4.31 Å². The van der Waals surface area contributed by atoms with E-state index in [1.54, 1.807) is 0 Å². The molecule has 1 aliphatic heterocycles. The normalized spacial score (nSPS) is 14.8. The first-order valence-corrected chi connectivity index (χ1v) is 10.00. The molecule has 0 spiro atoms. The lowest BCUT2D eigenvalue weighted by Gasteiger charge is -2.24. The molecule has 5 nitrogen and oxygen atoms in total. The van der Waals surface area contributed by atoms with Crippen molar-refractivity contribution in [3.63, 3.8) is 0 Å². The topological polar surface area (TPSA) is 49.9 Å². The zero-order valence-corrected chi connectivity index (χ0v) is 15.8. The second kappa shape index (κ2) is 7.63. The molecular weight excluding hydrogens is 355 g/mol. The van der Waals surface area contributed by atoms with E-state index in [1.807, 2.05) is 24.3 Å². The van der Waals surface area contributed by atoms with E-state index in [9.17, 15) is 12.8 Å². The summed E-state index contributed by atoms with van der Waals surface area (Å²) in [4.78, 5) is 2.19. The van der Waals surface area contributed by atoms with Crippen LogP contribution in [0.15, 0.2) is 47.4 Å². The van der Waals surface area contributed by atoms with E-state index >= 15 is 0 Å². The number of hydrogen-bond donors (Lipinski definition) is 0. The van der Waals surface area contributed by atoms with Gasteiger partial charge in [0.05, 0.1) is 12.0 Å². The first-order valence-electron chi connectivity index (χ1n) is 8.56. The standard InChI is InChI=1S/C19H23FN2O3S/c1-21(26(23,24)16-9-10-19(25-2)17(20)13-16)14-15-7-3-4-8-18(15)22-11-5-6-12-22/h3-4,7-10,13H,5-6,11-12,14H2,1-2H3. The lowest BCUT2D eigenvalue weighted by Crippen LogP contribution is -2.28. The van der Waals surface area contributed by atoms with Gasteiger partial charge in [-0.1, -0.05) is 18.2 Å². The van der Waals surface area contributed by atoms with Crippen LogP contribution in [0.25, 0.3) is 0 Å². The molecule has 0 N–H and O–H groups in total. The number of hydrogen-bond acceptors (Lipinski definition) is 4. The Balaban J connectivity index is 1.85. The minimum atomic E-state index is -3.81. The van der Waals surface area contributed by atoms with E-state index in [4.69, 9.17) is 4.74 Å². The van der Waals surface area contributed by atoms with Crippen molar-refractivity contribution in [2.45, 2.75) is 24.3 Å². The Morgan fingerprint density at radius 1 is 1.15 bits per heavy atom. The summed E-state index contributed by atoms with van der Waals surface area (Å²) in [6, 6.07) is 11.5. The van der Waals surface area contributed by atoms with Gasteiger partial charge in [0.2, 0.25) is 10.0 Å². The zero-order chi connectivity index (χ0) is 18.7. The van der Waals surface area contributed by atoms with E-state index in [0.29, 0.717) is 0 Å². The summed E-state index contributed by atoms with van der Waals surface area (Å²) in [5.41, 5.74) is 2.00. The van der Waals surface area contributed by atoms with Crippen molar-refractivity contribution < 1.29 is 17.5 Å². The average molecular weight is 378 g/mol. The summed E-state index contributed by atoms with van der Waals surface area (Å²) < 4.78 is 45.7. The second-order valence-electron chi connectivity index (χ2n) is 6.38. The summed E-state index contributed by atoms with van der Waals surface area (Å²) in [6.07, 6.45) is 2.29. The molecule has 3 rings (SSSR count). The van der Waals surface area contributed by atoms with Crippen LogP contribution in [0.4, 0.5) is 10.1 Å². The van der Waals surface area contributed by atoms with Crippen LogP contribution in [-0.2, 0) is 16.6 Å². The Kier molecular flexibility index (Phi) is 5.48.